The highest BCUT2D eigenvalue weighted by Crippen LogP contribution is 2.07. The van der Waals surface area contributed by atoms with Crippen molar-refractivity contribution in [1.82, 2.24) is 0 Å². The zero-order valence-electron chi connectivity index (χ0n) is 6.13. The average molecular weight is 168 g/mol. The van der Waals surface area contributed by atoms with Gasteiger partial charge in [-0.25, -0.2) is 4.39 Å². The van der Waals surface area contributed by atoms with Crippen molar-refractivity contribution in [3.8, 4) is 0 Å². The van der Waals surface area contributed by atoms with Gasteiger partial charge in [0.25, 0.3) is 0 Å². The molecule has 0 amide bonds. The number of halogens is 2. The van der Waals surface area contributed by atoms with Gasteiger partial charge in [-0.3, -0.25) is 4.79 Å². The first-order valence-electron chi connectivity index (χ1n) is 3.32. The molecule has 0 aromatic heterocycles. The maximum atomic E-state index is 12.8. The lowest BCUT2D eigenvalue weighted by atomic mass is 10.2. The molecule has 0 N–H and O–H groups in total. The lowest BCUT2D eigenvalue weighted by Crippen LogP contribution is -1.82. The molecule has 12 heavy (non-hydrogen) atoms. The fourth-order valence-corrected chi connectivity index (χ4v) is 0.766. The summed E-state index contributed by atoms with van der Waals surface area (Å²) < 4.78 is 24.4. The second-order valence-corrected chi connectivity index (χ2v) is 2.16. The van der Waals surface area contributed by atoms with E-state index in [1.807, 2.05) is 0 Å². The van der Waals surface area contributed by atoms with E-state index in [0.717, 1.165) is 6.08 Å². The molecule has 3 heteroatoms. The molecular formula is C9H6F2O. The maximum Gasteiger partial charge on any atom is 0.324 e. The highest BCUT2D eigenvalue weighted by atomic mass is 19.1. The summed E-state index contributed by atoms with van der Waals surface area (Å²) in [5.41, 5.74) is 0.198. The molecule has 0 atom stereocenters. The zero-order valence-corrected chi connectivity index (χ0v) is 6.13. The van der Waals surface area contributed by atoms with E-state index in [1.165, 1.54) is 18.2 Å². The van der Waals surface area contributed by atoms with Crippen LogP contribution in [0.2, 0.25) is 0 Å². The van der Waals surface area contributed by atoms with Crippen LogP contribution in [0.3, 0.4) is 0 Å². The summed E-state index contributed by atoms with van der Waals surface area (Å²) in [6.07, 6.45) is 1.77. The average Bonchev–Trinajstić information content (AvgIpc) is 2.03. The molecule has 0 saturated heterocycles. The van der Waals surface area contributed by atoms with Gasteiger partial charge in [-0.2, -0.15) is 4.39 Å². The molecular weight excluding hydrogens is 162 g/mol. The Kier molecular flexibility index (Phi) is 2.69. The molecule has 1 rings (SSSR count). The van der Waals surface area contributed by atoms with Gasteiger partial charge in [0, 0.05) is 11.6 Å². The lowest BCUT2D eigenvalue weighted by molar-refractivity contribution is -0.124. The summed E-state index contributed by atoms with van der Waals surface area (Å²) in [6, 6.07) is 4.23. The van der Waals surface area contributed by atoms with Crippen LogP contribution in [0.25, 0.3) is 6.08 Å². The van der Waals surface area contributed by atoms with Crippen molar-refractivity contribution in [2.75, 3.05) is 0 Å². The SMILES string of the molecule is O=C(F)/C=C/c1ccccc1F. The van der Waals surface area contributed by atoms with Gasteiger partial charge < -0.3 is 0 Å². The Morgan fingerprint density at radius 1 is 1.33 bits per heavy atom. The summed E-state index contributed by atoms with van der Waals surface area (Å²) >= 11 is 0. The topological polar surface area (TPSA) is 17.1 Å². The van der Waals surface area contributed by atoms with Crippen LogP contribution >= 0.6 is 0 Å². The standard InChI is InChI=1S/C9H6F2O/c10-8-4-2-1-3-7(8)5-6-9(11)12/h1-6H/b6-5+. The minimum Gasteiger partial charge on any atom is -0.256 e. The second kappa shape index (κ2) is 3.76. The van der Waals surface area contributed by atoms with E-state index in [2.05, 4.69) is 0 Å². The summed E-state index contributed by atoms with van der Waals surface area (Å²) in [6.45, 7) is 0. The molecule has 1 aromatic carbocycles. The van der Waals surface area contributed by atoms with Crippen LogP contribution in [0.4, 0.5) is 8.78 Å². The van der Waals surface area contributed by atoms with Crippen molar-refractivity contribution >= 4 is 12.1 Å². The Labute approximate surface area is 68.3 Å². The van der Waals surface area contributed by atoms with E-state index in [4.69, 9.17) is 0 Å². The maximum absolute atomic E-state index is 12.8. The molecule has 62 valence electrons. The van der Waals surface area contributed by atoms with E-state index in [0.29, 0.717) is 6.08 Å². The fraction of sp³-hybridized carbons (Fsp3) is 0. The smallest absolute Gasteiger partial charge is 0.256 e. The third-order valence-electron chi connectivity index (χ3n) is 1.30. The van der Waals surface area contributed by atoms with Crippen molar-refractivity contribution in [3.63, 3.8) is 0 Å². The normalized spacial score (nSPS) is 10.5. The van der Waals surface area contributed by atoms with Crippen molar-refractivity contribution in [3.05, 3.63) is 41.7 Å². The van der Waals surface area contributed by atoms with Gasteiger partial charge in [-0.05, 0) is 12.1 Å². The molecule has 0 aliphatic heterocycles. The first-order valence-corrected chi connectivity index (χ1v) is 3.32. The van der Waals surface area contributed by atoms with Crippen LogP contribution in [0.5, 0.6) is 0 Å². The fourth-order valence-electron chi connectivity index (χ4n) is 0.766. The second-order valence-electron chi connectivity index (χ2n) is 2.16. The van der Waals surface area contributed by atoms with Crippen LogP contribution < -0.4 is 0 Å². The zero-order chi connectivity index (χ0) is 8.97. The largest absolute Gasteiger partial charge is 0.324 e. The number of hydrogen-bond donors (Lipinski definition) is 0. The van der Waals surface area contributed by atoms with Crippen LogP contribution in [0.1, 0.15) is 5.56 Å². The predicted octanol–water partition coefficient (Wildman–Crippen LogP) is 2.33. The number of rotatable bonds is 2. The third kappa shape index (κ3) is 2.27. The molecule has 0 aliphatic carbocycles. The van der Waals surface area contributed by atoms with Crippen molar-refractivity contribution in [2.45, 2.75) is 0 Å². The van der Waals surface area contributed by atoms with Gasteiger partial charge in [0.2, 0.25) is 0 Å². The molecule has 1 nitrogen and oxygen atoms in total. The number of hydrogen-bond acceptors (Lipinski definition) is 1. The number of carbonyl (C=O) groups is 1. The first kappa shape index (κ1) is 8.59. The molecule has 0 saturated carbocycles. The Morgan fingerprint density at radius 2 is 2.00 bits per heavy atom. The highest BCUT2D eigenvalue weighted by Gasteiger charge is 1.95. The van der Waals surface area contributed by atoms with Gasteiger partial charge in [0.05, 0.1) is 0 Å². The molecule has 0 radical (unpaired) electrons. The molecule has 0 unspecified atom stereocenters. The molecule has 0 bridgehead atoms. The third-order valence-corrected chi connectivity index (χ3v) is 1.30. The van der Waals surface area contributed by atoms with Crippen LogP contribution in [-0.4, -0.2) is 6.04 Å². The van der Waals surface area contributed by atoms with Crippen LogP contribution in [0, 0.1) is 5.82 Å². The monoisotopic (exact) mass is 168 g/mol. The van der Waals surface area contributed by atoms with Gasteiger partial charge in [-0.15, -0.1) is 0 Å². The Morgan fingerprint density at radius 3 is 2.58 bits per heavy atom. The Hall–Kier alpha value is -1.51. The summed E-state index contributed by atoms with van der Waals surface area (Å²) in [4.78, 5) is 9.85. The van der Waals surface area contributed by atoms with E-state index < -0.39 is 11.9 Å². The minimum atomic E-state index is -1.58. The Balaban J connectivity index is 2.89. The molecule has 0 fully saturated rings. The van der Waals surface area contributed by atoms with E-state index in [-0.39, 0.29) is 5.56 Å². The quantitative estimate of drug-likeness (QED) is 0.489. The molecule has 0 spiro atoms. The van der Waals surface area contributed by atoms with E-state index >= 15 is 0 Å². The number of allylic oxidation sites excluding steroid dienone is 1. The molecule has 0 aliphatic rings. The van der Waals surface area contributed by atoms with Gasteiger partial charge in [-0.1, -0.05) is 18.2 Å². The summed E-state index contributed by atoms with van der Waals surface area (Å²) in [5, 5.41) is 0. The van der Waals surface area contributed by atoms with Crippen molar-refractivity contribution in [2.24, 2.45) is 0 Å². The molecule has 0 heterocycles. The van der Waals surface area contributed by atoms with Crippen LogP contribution in [-0.2, 0) is 4.79 Å². The van der Waals surface area contributed by atoms with E-state index in [1.54, 1.807) is 6.07 Å². The summed E-state index contributed by atoms with van der Waals surface area (Å²) in [5.74, 6) is -0.477. The lowest BCUT2D eigenvalue weighted by Gasteiger charge is -1.92. The Bertz CT molecular complexity index is 318. The summed E-state index contributed by atoms with van der Waals surface area (Å²) in [7, 11) is 0. The van der Waals surface area contributed by atoms with Crippen molar-refractivity contribution in [1.29, 1.82) is 0 Å². The first-order chi connectivity index (χ1) is 5.70. The number of carbonyl (C=O) groups excluding carboxylic acids is 1. The van der Waals surface area contributed by atoms with Gasteiger partial charge in [0.15, 0.2) is 0 Å². The minimum absolute atomic E-state index is 0.198. The van der Waals surface area contributed by atoms with Crippen molar-refractivity contribution < 1.29 is 13.6 Å². The highest BCUT2D eigenvalue weighted by molar-refractivity contribution is 5.86. The predicted molar refractivity (Wildman–Crippen MR) is 41.5 cm³/mol. The van der Waals surface area contributed by atoms with E-state index in [9.17, 15) is 13.6 Å². The van der Waals surface area contributed by atoms with Gasteiger partial charge >= 0.3 is 6.04 Å². The molecule has 1 aromatic rings. The van der Waals surface area contributed by atoms with Crippen LogP contribution in [0.15, 0.2) is 30.3 Å². The number of benzene rings is 1. The van der Waals surface area contributed by atoms with Gasteiger partial charge in [0.1, 0.15) is 5.82 Å².